The van der Waals surface area contributed by atoms with Gasteiger partial charge in [-0.05, 0) is 84.1 Å². The fourth-order valence-electron chi connectivity index (χ4n) is 5.81. The largest absolute Gasteiger partial charge is 0.299 e. The van der Waals surface area contributed by atoms with Crippen LogP contribution in [0.4, 0.5) is 0 Å². The first kappa shape index (κ1) is 29.4. The number of hydrogen-bond donors (Lipinski definition) is 3. The Balaban J connectivity index is 1.32. The lowest BCUT2D eigenvalue weighted by Gasteiger charge is -2.30. The highest BCUT2D eigenvalue weighted by Crippen LogP contribution is 2.32. The van der Waals surface area contributed by atoms with Crippen molar-refractivity contribution in [2.45, 2.75) is 101 Å². The summed E-state index contributed by atoms with van der Waals surface area (Å²) in [7, 11) is -8.13. The molecule has 1 aromatic heterocycles. The number of hydrazone groups is 1. The summed E-state index contributed by atoms with van der Waals surface area (Å²) < 4.78 is 65.7. The maximum absolute atomic E-state index is 13.0. The number of nitrogens with one attached hydrogen (secondary N) is 1. The fourth-order valence-corrected chi connectivity index (χ4v) is 7.55. The van der Waals surface area contributed by atoms with Crippen LogP contribution in [0, 0.1) is 6.92 Å². The summed E-state index contributed by atoms with van der Waals surface area (Å²) in [5.74, 6) is -0.236. The molecule has 14 heteroatoms. The van der Waals surface area contributed by atoms with E-state index in [1.165, 1.54) is 5.01 Å². The van der Waals surface area contributed by atoms with Crippen molar-refractivity contribution in [1.29, 1.82) is 0 Å². The molecule has 2 aliphatic carbocycles. The molecule has 4 rings (SSSR count). The summed E-state index contributed by atoms with van der Waals surface area (Å²) in [5, 5.41) is 7.37. The summed E-state index contributed by atoms with van der Waals surface area (Å²) in [6.07, 6.45) is 9.48. The van der Waals surface area contributed by atoms with E-state index in [-0.39, 0.29) is 36.4 Å². The highest BCUT2D eigenvalue weighted by atomic mass is 32.2. The number of aromatic amines is 1. The second-order valence-electron chi connectivity index (χ2n) is 10.7. The average Bonchev–Trinajstić information content (AvgIpc) is 3.32. The number of hydrogen-bond acceptors (Lipinski definition) is 7. The van der Waals surface area contributed by atoms with Crippen molar-refractivity contribution in [2.24, 2.45) is 5.10 Å². The van der Waals surface area contributed by atoms with Gasteiger partial charge in [-0.1, -0.05) is 12.2 Å². The third-order valence-corrected chi connectivity index (χ3v) is 10.7. The molecule has 0 unspecified atom stereocenters. The summed E-state index contributed by atoms with van der Waals surface area (Å²) in [6, 6.07) is -0.341. The zero-order valence-electron chi connectivity index (χ0n) is 22.1. The van der Waals surface area contributed by atoms with Gasteiger partial charge in [-0.25, -0.2) is 9.69 Å². The van der Waals surface area contributed by atoms with Gasteiger partial charge in [0.05, 0.1) is 33.9 Å². The van der Waals surface area contributed by atoms with Crippen molar-refractivity contribution in [3.05, 3.63) is 45.4 Å². The molecule has 1 aromatic rings. The lowest BCUT2D eigenvalue weighted by molar-refractivity contribution is -0.128. The van der Waals surface area contributed by atoms with Crippen LogP contribution in [0.5, 0.6) is 0 Å². The molecule has 0 atom stereocenters. The van der Waals surface area contributed by atoms with Crippen LogP contribution in [0.15, 0.2) is 33.7 Å². The van der Waals surface area contributed by atoms with Gasteiger partial charge in [-0.3, -0.25) is 23.8 Å². The number of amides is 1. The first-order valence-electron chi connectivity index (χ1n) is 13.3. The standard InChI is InChI=1S/C25H36N4O8S2/c1-16-22(24(30)28(26-16)18-8-12-20(13-9-18)38(32,33)34)6-4-3-5-7-23-17(2)27-29(25(23)31)19-10-14-21(15-11-19)39(35,36)37/h3-4,6,18-21,27H,5,7-15H2,1-2H3,(H,32,33,34)(H,35,36,37)/b4-3?,22-6-. The van der Waals surface area contributed by atoms with Crippen LogP contribution in [0.3, 0.4) is 0 Å². The highest BCUT2D eigenvalue weighted by Gasteiger charge is 2.37. The van der Waals surface area contributed by atoms with Gasteiger partial charge in [0.15, 0.2) is 0 Å². The summed E-state index contributed by atoms with van der Waals surface area (Å²) in [4.78, 5) is 25.9. The number of aromatic nitrogens is 2. The second kappa shape index (κ2) is 11.5. The molecule has 2 fully saturated rings. The van der Waals surface area contributed by atoms with E-state index in [1.807, 2.05) is 13.0 Å². The molecular weight excluding hydrogens is 548 g/mol. The number of H-pyrrole nitrogens is 1. The molecule has 0 bridgehead atoms. The number of carbonyl (C=O) groups is 1. The quantitative estimate of drug-likeness (QED) is 0.308. The summed E-state index contributed by atoms with van der Waals surface area (Å²) in [6.45, 7) is 3.58. The molecule has 0 saturated heterocycles. The molecule has 2 heterocycles. The third-order valence-electron chi connectivity index (χ3n) is 8.10. The molecule has 2 saturated carbocycles. The predicted octanol–water partition coefficient (Wildman–Crippen LogP) is 2.69. The Hall–Kier alpha value is -2.55. The highest BCUT2D eigenvalue weighted by molar-refractivity contribution is 7.86. The summed E-state index contributed by atoms with van der Waals surface area (Å²) in [5.41, 5.74) is 2.34. The van der Waals surface area contributed by atoms with Crippen molar-refractivity contribution in [1.82, 2.24) is 14.8 Å². The molecule has 0 radical (unpaired) electrons. The molecule has 3 N–H and O–H groups in total. The fraction of sp³-hybridized carbons (Fsp3) is 0.640. The van der Waals surface area contributed by atoms with E-state index in [1.54, 1.807) is 23.8 Å². The van der Waals surface area contributed by atoms with E-state index in [2.05, 4.69) is 10.2 Å². The smallest absolute Gasteiger partial charge is 0.276 e. The number of nitrogens with zero attached hydrogens (tertiary/aromatic N) is 3. The minimum atomic E-state index is -4.07. The minimum Gasteiger partial charge on any atom is -0.299 e. The van der Waals surface area contributed by atoms with Crippen LogP contribution < -0.4 is 5.56 Å². The number of allylic oxidation sites excluding steroid dienone is 3. The Morgan fingerprint density at radius 2 is 1.44 bits per heavy atom. The van der Waals surface area contributed by atoms with Gasteiger partial charge in [0.25, 0.3) is 31.7 Å². The molecule has 39 heavy (non-hydrogen) atoms. The van der Waals surface area contributed by atoms with E-state index in [4.69, 9.17) is 0 Å². The van der Waals surface area contributed by atoms with Crippen molar-refractivity contribution < 1.29 is 30.7 Å². The first-order valence-corrected chi connectivity index (χ1v) is 16.3. The normalized spacial score (nSPS) is 28.0. The van der Waals surface area contributed by atoms with Crippen LogP contribution >= 0.6 is 0 Å². The van der Waals surface area contributed by atoms with Gasteiger partial charge in [0, 0.05) is 11.3 Å². The molecule has 216 valence electrons. The number of aryl methyl sites for hydroxylation is 1. The van der Waals surface area contributed by atoms with E-state index < -0.39 is 30.7 Å². The van der Waals surface area contributed by atoms with Gasteiger partial charge in [-0.15, -0.1) is 0 Å². The van der Waals surface area contributed by atoms with Gasteiger partial charge < -0.3 is 0 Å². The Morgan fingerprint density at radius 3 is 1.97 bits per heavy atom. The molecule has 12 nitrogen and oxygen atoms in total. The van der Waals surface area contributed by atoms with Gasteiger partial charge in [0.1, 0.15) is 0 Å². The van der Waals surface area contributed by atoms with E-state index in [0.717, 1.165) is 5.69 Å². The third kappa shape index (κ3) is 6.61. The Morgan fingerprint density at radius 1 is 0.897 bits per heavy atom. The zero-order chi connectivity index (χ0) is 28.5. The molecule has 1 amide bonds. The molecule has 0 aromatic carbocycles. The van der Waals surface area contributed by atoms with E-state index in [0.29, 0.717) is 68.2 Å². The second-order valence-corrected chi connectivity index (χ2v) is 14.1. The SMILES string of the molecule is CC1=NN(C2CCC(S(=O)(=O)O)CC2)C(=O)/C1=C\C=CCCc1c(C)[nH]n(C2CCC(S(=O)(=O)O)CC2)c1=O. The monoisotopic (exact) mass is 584 g/mol. The van der Waals surface area contributed by atoms with Crippen LogP contribution in [-0.2, 0) is 31.5 Å². The lowest BCUT2D eigenvalue weighted by Crippen LogP contribution is -2.39. The van der Waals surface area contributed by atoms with E-state index in [9.17, 15) is 35.5 Å². The van der Waals surface area contributed by atoms with E-state index >= 15 is 0 Å². The van der Waals surface area contributed by atoms with Crippen LogP contribution in [0.1, 0.15) is 82.0 Å². The zero-order valence-corrected chi connectivity index (χ0v) is 23.7. The van der Waals surface area contributed by atoms with Crippen LogP contribution in [0.25, 0.3) is 0 Å². The number of carbonyl (C=O) groups excluding carboxylic acids is 1. The van der Waals surface area contributed by atoms with Crippen molar-refractivity contribution in [3.8, 4) is 0 Å². The van der Waals surface area contributed by atoms with Crippen LogP contribution in [0.2, 0.25) is 0 Å². The van der Waals surface area contributed by atoms with Gasteiger partial charge in [0.2, 0.25) is 0 Å². The molecular formula is C25H36N4O8S2. The van der Waals surface area contributed by atoms with Crippen molar-refractivity contribution in [3.63, 3.8) is 0 Å². The number of rotatable bonds is 8. The molecule has 3 aliphatic rings. The Bertz CT molecular complexity index is 1450. The van der Waals surface area contributed by atoms with Crippen LogP contribution in [-0.4, -0.2) is 68.9 Å². The molecule has 0 spiro atoms. The Labute approximate surface area is 228 Å². The maximum Gasteiger partial charge on any atom is 0.276 e. The Kier molecular flexibility index (Phi) is 8.69. The topological polar surface area (TPSA) is 179 Å². The first-order chi connectivity index (χ1) is 18.3. The summed E-state index contributed by atoms with van der Waals surface area (Å²) >= 11 is 0. The van der Waals surface area contributed by atoms with Gasteiger partial charge >= 0.3 is 0 Å². The van der Waals surface area contributed by atoms with Crippen molar-refractivity contribution >= 4 is 31.9 Å². The average molecular weight is 585 g/mol. The van der Waals surface area contributed by atoms with Crippen molar-refractivity contribution in [2.75, 3.05) is 0 Å². The lowest BCUT2D eigenvalue weighted by atomic mass is 9.94. The predicted molar refractivity (Wildman–Crippen MR) is 146 cm³/mol. The van der Waals surface area contributed by atoms with Gasteiger partial charge in [-0.2, -0.15) is 21.9 Å². The molecule has 1 aliphatic heterocycles. The minimum absolute atomic E-state index is 0.122. The maximum atomic E-state index is 13.0.